The van der Waals surface area contributed by atoms with Crippen molar-refractivity contribution in [2.45, 2.75) is 71.1 Å². The van der Waals surface area contributed by atoms with E-state index in [0.717, 1.165) is 6.42 Å². The summed E-state index contributed by atoms with van der Waals surface area (Å²) in [5.74, 6) is 0.648. The third-order valence-corrected chi connectivity index (χ3v) is 3.44. The SMILES string of the molecule is CCCCCCCOC(=O)CC1CCCC1. The number of unbranched alkanes of at least 4 members (excludes halogenated alkanes) is 4. The fourth-order valence-corrected chi connectivity index (χ4v) is 2.40. The first-order valence-electron chi connectivity index (χ1n) is 6.98. The smallest absolute Gasteiger partial charge is 0.306 e. The monoisotopic (exact) mass is 226 g/mol. The summed E-state index contributed by atoms with van der Waals surface area (Å²) in [4.78, 5) is 11.5. The molecule has 0 N–H and O–H groups in total. The van der Waals surface area contributed by atoms with E-state index in [1.807, 2.05) is 0 Å². The van der Waals surface area contributed by atoms with Crippen molar-refractivity contribution in [2.24, 2.45) is 5.92 Å². The van der Waals surface area contributed by atoms with Crippen LogP contribution in [0, 0.1) is 5.92 Å². The number of rotatable bonds is 8. The van der Waals surface area contributed by atoms with E-state index in [1.54, 1.807) is 0 Å². The van der Waals surface area contributed by atoms with Crippen LogP contribution >= 0.6 is 0 Å². The van der Waals surface area contributed by atoms with Gasteiger partial charge in [-0.25, -0.2) is 0 Å². The van der Waals surface area contributed by atoms with Gasteiger partial charge in [-0.3, -0.25) is 4.79 Å². The Morgan fingerprint density at radius 1 is 1.12 bits per heavy atom. The van der Waals surface area contributed by atoms with Crippen LogP contribution in [0.15, 0.2) is 0 Å². The van der Waals surface area contributed by atoms with Gasteiger partial charge in [0.15, 0.2) is 0 Å². The zero-order valence-corrected chi connectivity index (χ0v) is 10.7. The Hall–Kier alpha value is -0.530. The van der Waals surface area contributed by atoms with Crippen LogP contribution in [-0.2, 0) is 9.53 Å². The van der Waals surface area contributed by atoms with E-state index >= 15 is 0 Å². The van der Waals surface area contributed by atoms with Crippen molar-refractivity contribution in [1.82, 2.24) is 0 Å². The van der Waals surface area contributed by atoms with Gasteiger partial charge in [-0.05, 0) is 25.2 Å². The molecule has 0 atom stereocenters. The summed E-state index contributed by atoms with van der Waals surface area (Å²) in [5, 5.41) is 0. The maximum Gasteiger partial charge on any atom is 0.306 e. The minimum absolute atomic E-state index is 0.0300. The molecule has 0 spiro atoms. The van der Waals surface area contributed by atoms with Gasteiger partial charge in [0.1, 0.15) is 0 Å². The molecule has 2 nitrogen and oxygen atoms in total. The second kappa shape index (κ2) is 8.60. The Labute approximate surface area is 99.8 Å². The Morgan fingerprint density at radius 2 is 1.81 bits per heavy atom. The summed E-state index contributed by atoms with van der Waals surface area (Å²) in [6.07, 6.45) is 11.8. The highest BCUT2D eigenvalue weighted by Gasteiger charge is 2.18. The number of carbonyl (C=O) groups is 1. The van der Waals surface area contributed by atoms with Crippen LogP contribution in [0.5, 0.6) is 0 Å². The number of ether oxygens (including phenoxy) is 1. The summed E-state index contributed by atoms with van der Waals surface area (Å²) in [6.45, 7) is 2.84. The minimum atomic E-state index is 0.0300. The zero-order chi connectivity index (χ0) is 11.6. The Bertz CT molecular complexity index is 183. The lowest BCUT2D eigenvalue weighted by Gasteiger charge is -2.08. The molecular weight excluding hydrogens is 200 g/mol. The number of carbonyl (C=O) groups excluding carboxylic acids is 1. The van der Waals surface area contributed by atoms with Crippen molar-refractivity contribution >= 4 is 5.97 Å². The van der Waals surface area contributed by atoms with Gasteiger partial charge >= 0.3 is 5.97 Å². The molecule has 94 valence electrons. The van der Waals surface area contributed by atoms with Gasteiger partial charge in [0.2, 0.25) is 0 Å². The van der Waals surface area contributed by atoms with Crippen molar-refractivity contribution in [1.29, 1.82) is 0 Å². The molecule has 0 unspecified atom stereocenters. The predicted molar refractivity (Wildman–Crippen MR) is 66.3 cm³/mol. The summed E-state index contributed by atoms with van der Waals surface area (Å²) in [7, 11) is 0. The fraction of sp³-hybridized carbons (Fsp3) is 0.929. The highest BCUT2D eigenvalue weighted by molar-refractivity contribution is 5.69. The van der Waals surface area contributed by atoms with Gasteiger partial charge in [-0.2, -0.15) is 0 Å². The second-order valence-corrected chi connectivity index (χ2v) is 4.99. The molecule has 1 aliphatic carbocycles. The van der Waals surface area contributed by atoms with E-state index in [-0.39, 0.29) is 5.97 Å². The van der Waals surface area contributed by atoms with Crippen molar-refractivity contribution < 1.29 is 9.53 Å². The average Bonchev–Trinajstić information content (AvgIpc) is 2.76. The summed E-state index contributed by atoms with van der Waals surface area (Å²) in [6, 6.07) is 0. The lowest BCUT2D eigenvalue weighted by molar-refractivity contribution is -0.144. The Kier molecular flexibility index (Phi) is 7.28. The van der Waals surface area contributed by atoms with E-state index in [1.165, 1.54) is 51.4 Å². The van der Waals surface area contributed by atoms with Gasteiger partial charge in [0.05, 0.1) is 6.61 Å². The van der Waals surface area contributed by atoms with E-state index < -0.39 is 0 Å². The van der Waals surface area contributed by atoms with Gasteiger partial charge in [-0.15, -0.1) is 0 Å². The topological polar surface area (TPSA) is 26.3 Å². The standard InChI is InChI=1S/C14H26O2/c1-2-3-4-5-8-11-16-14(15)12-13-9-6-7-10-13/h13H,2-12H2,1H3. The molecule has 1 saturated carbocycles. The number of esters is 1. The predicted octanol–water partition coefficient (Wildman–Crippen LogP) is 4.08. The third kappa shape index (κ3) is 6.14. The number of hydrogen-bond acceptors (Lipinski definition) is 2. The lowest BCUT2D eigenvalue weighted by atomic mass is 10.0. The van der Waals surface area contributed by atoms with Crippen LogP contribution < -0.4 is 0 Å². The normalized spacial score (nSPS) is 16.6. The molecule has 1 fully saturated rings. The van der Waals surface area contributed by atoms with Gasteiger partial charge in [0.25, 0.3) is 0 Å². The Balaban J connectivity index is 1.89. The van der Waals surface area contributed by atoms with E-state index in [0.29, 0.717) is 18.9 Å². The molecule has 0 amide bonds. The van der Waals surface area contributed by atoms with Crippen molar-refractivity contribution in [2.75, 3.05) is 6.61 Å². The number of hydrogen-bond donors (Lipinski definition) is 0. The molecule has 0 aromatic rings. The van der Waals surface area contributed by atoms with Crippen LogP contribution in [0.4, 0.5) is 0 Å². The van der Waals surface area contributed by atoms with Crippen LogP contribution in [0.25, 0.3) is 0 Å². The molecule has 0 aromatic carbocycles. The minimum Gasteiger partial charge on any atom is -0.466 e. The highest BCUT2D eigenvalue weighted by atomic mass is 16.5. The van der Waals surface area contributed by atoms with Gasteiger partial charge in [-0.1, -0.05) is 45.4 Å². The summed E-state index contributed by atoms with van der Waals surface area (Å²) < 4.78 is 5.25. The van der Waals surface area contributed by atoms with E-state index in [4.69, 9.17) is 4.74 Å². The molecule has 0 bridgehead atoms. The van der Waals surface area contributed by atoms with Gasteiger partial charge in [0, 0.05) is 6.42 Å². The summed E-state index contributed by atoms with van der Waals surface area (Å²) in [5.41, 5.74) is 0. The van der Waals surface area contributed by atoms with E-state index in [9.17, 15) is 4.79 Å². The fourth-order valence-electron chi connectivity index (χ4n) is 2.40. The Morgan fingerprint density at radius 3 is 2.50 bits per heavy atom. The van der Waals surface area contributed by atoms with Crippen molar-refractivity contribution in [3.05, 3.63) is 0 Å². The quantitative estimate of drug-likeness (QED) is 0.460. The van der Waals surface area contributed by atoms with Gasteiger partial charge < -0.3 is 4.74 Å². The molecule has 0 aliphatic heterocycles. The maximum absolute atomic E-state index is 11.5. The molecule has 0 radical (unpaired) electrons. The lowest BCUT2D eigenvalue weighted by Crippen LogP contribution is -2.10. The van der Waals surface area contributed by atoms with Crippen molar-refractivity contribution in [3.8, 4) is 0 Å². The highest BCUT2D eigenvalue weighted by Crippen LogP contribution is 2.27. The van der Waals surface area contributed by atoms with Crippen LogP contribution in [0.1, 0.15) is 71.1 Å². The molecule has 1 aliphatic rings. The molecular formula is C14H26O2. The largest absolute Gasteiger partial charge is 0.466 e. The first-order valence-corrected chi connectivity index (χ1v) is 6.98. The van der Waals surface area contributed by atoms with E-state index in [2.05, 4.69) is 6.92 Å². The van der Waals surface area contributed by atoms with Crippen molar-refractivity contribution in [3.63, 3.8) is 0 Å². The van der Waals surface area contributed by atoms with Crippen LogP contribution in [-0.4, -0.2) is 12.6 Å². The second-order valence-electron chi connectivity index (χ2n) is 4.99. The molecule has 0 saturated heterocycles. The molecule has 0 heterocycles. The molecule has 16 heavy (non-hydrogen) atoms. The third-order valence-electron chi connectivity index (χ3n) is 3.44. The zero-order valence-electron chi connectivity index (χ0n) is 10.7. The molecule has 2 heteroatoms. The first kappa shape index (κ1) is 13.5. The summed E-state index contributed by atoms with van der Waals surface area (Å²) >= 11 is 0. The molecule has 0 aromatic heterocycles. The average molecular weight is 226 g/mol. The maximum atomic E-state index is 11.5. The van der Waals surface area contributed by atoms with Crippen LogP contribution in [0.3, 0.4) is 0 Å². The van der Waals surface area contributed by atoms with Crippen LogP contribution in [0.2, 0.25) is 0 Å². The molecule has 1 rings (SSSR count). The first-order chi connectivity index (χ1) is 7.83.